The highest BCUT2D eigenvalue weighted by Gasteiger charge is 2.38. The van der Waals surface area contributed by atoms with Crippen LogP contribution in [0.1, 0.15) is 32.1 Å². The van der Waals surface area contributed by atoms with Gasteiger partial charge in [0.2, 0.25) is 5.91 Å². The van der Waals surface area contributed by atoms with Crippen LogP contribution in [-0.2, 0) is 4.79 Å². The second kappa shape index (κ2) is 3.66. The summed E-state index contributed by atoms with van der Waals surface area (Å²) < 4.78 is 0. The largest absolute Gasteiger partial charge is 0.335 e. The number of carbonyl (C=O) groups is 1. The van der Waals surface area contributed by atoms with Gasteiger partial charge in [-0.2, -0.15) is 0 Å². The summed E-state index contributed by atoms with van der Waals surface area (Å²) in [5.41, 5.74) is 0. The standard InChI is InChI=1S/C10H18N2O/c1-11-7-9-3-2-4-10(13)12(9)8-5-6-8/h8-9,11H,2-7H2,1H3. The molecule has 13 heavy (non-hydrogen) atoms. The first-order chi connectivity index (χ1) is 6.33. The molecule has 0 aromatic rings. The van der Waals surface area contributed by atoms with Crippen LogP contribution >= 0.6 is 0 Å². The molecule has 0 radical (unpaired) electrons. The number of nitrogens with one attached hydrogen (secondary N) is 1. The molecule has 1 heterocycles. The quantitative estimate of drug-likeness (QED) is 0.698. The van der Waals surface area contributed by atoms with Gasteiger partial charge in [0.1, 0.15) is 0 Å². The highest BCUT2D eigenvalue weighted by Crippen LogP contribution is 2.32. The summed E-state index contributed by atoms with van der Waals surface area (Å²) in [5, 5.41) is 3.18. The highest BCUT2D eigenvalue weighted by molar-refractivity contribution is 5.78. The summed E-state index contributed by atoms with van der Waals surface area (Å²) in [4.78, 5) is 13.8. The van der Waals surface area contributed by atoms with Crippen molar-refractivity contribution >= 4 is 5.91 Å². The molecule has 1 amide bonds. The molecule has 1 atom stereocenters. The highest BCUT2D eigenvalue weighted by atomic mass is 16.2. The number of carbonyl (C=O) groups excluding carboxylic acids is 1. The number of likely N-dealkylation sites (N-methyl/N-ethyl adjacent to an activating group) is 1. The Kier molecular flexibility index (Phi) is 2.54. The molecule has 1 aliphatic carbocycles. The second-order valence-electron chi connectivity index (χ2n) is 4.14. The predicted molar refractivity (Wildman–Crippen MR) is 51.4 cm³/mol. The third-order valence-corrected chi connectivity index (χ3v) is 2.99. The van der Waals surface area contributed by atoms with Crippen LogP contribution in [0.15, 0.2) is 0 Å². The molecule has 1 N–H and O–H groups in total. The molecule has 3 nitrogen and oxygen atoms in total. The minimum absolute atomic E-state index is 0.383. The van der Waals surface area contributed by atoms with Crippen LogP contribution in [-0.4, -0.2) is 36.5 Å². The minimum atomic E-state index is 0.383. The Hall–Kier alpha value is -0.570. The van der Waals surface area contributed by atoms with Gasteiger partial charge in [0.15, 0.2) is 0 Å². The number of rotatable bonds is 3. The summed E-state index contributed by atoms with van der Waals surface area (Å²) >= 11 is 0. The van der Waals surface area contributed by atoms with E-state index in [-0.39, 0.29) is 0 Å². The molecule has 2 rings (SSSR count). The molecule has 0 bridgehead atoms. The van der Waals surface area contributed by atoms with Crippen LogP contribution in [0.25, 0.3) is 0 Å². The van der Waals surface area contributed by atoms with E-state index in [1.165, 1.54) is 19.3 Å². The van der Waals surface area contributed by atoms with E-state index in [9.17, 15) is 4.79 Å². The van der Waals surface area contributed by atoms with Gasteiger partial charge in [-0.1, -0.05) is 0 Å². The van der Waals surface area contributed by atoms with Crippen molar-refractivity contribution in [3.63, 3.8) is 0 Å². The lowest BCUT2D eigenvalue weighted by Gasteiger charge is -2.35. The van der Waals surface area contributed by atoms with Gasteiger partial charge in [0, 0.05) is 25.0 Å². The summed E-state index contributed by atoms with van der Waals surface area (Å²) in [6.07, 6.45) is 5.49. The first kappa shape index (κ1) is 9.00. The maximum Gasteiger partial charge on any atom is 0.223 e. The van der Waals surface area contributed by atoms with Crippen molar-refractivity contribution in [1.29, 1.82) is 0 Å². The van der Waals surface area contributed by atoms with Crippen LogP contribution in [0.4, 0.5) is 0 Å². The third-order valence-electron chi connectivity index (χ3n) is 2.99. The first-order valence-electron chi connectivity index (χ1n) is 5.28. The van der Waals surface area contributed by atoms with Crippen LogP contribution in [0.3, 0.4) is 0 Å². The van der Waals surface area contributed by atoms with Crippen molar-refractivity contribution in [2.45, 2.75) is 44.2 Å². The smallest absolute Gasteiger partial charge is 0.223 e. The number of likely N-dealkylation sites (tertiary alicyclic amines) is 1. The summed E-state index contributed by atoms with van der Waals surface area (Å²) in [6.45, 7) is 0.961. The molecule has 1 aliphatic heterocycles. The molecule has 0 aromatic carbocycles. The zero-order valence-corrected chi connectivity index (χ0v) is 8.25. The van der Waals surface area contributed by atoms with Crippen molar-refractivity contribution in [1.82, 2.24) is 10.2 Å². The first-order valence-corrected chi connectivity index (χ1v) is 5.28. The van der Waals surface area contributed by atoms with E-state index < -0.39 is 0 Å². The lowest BCUT2D eigenvalue weighted by Crippen LogP contribution is -2.49. The van der Waals surface area contributed by atoms with Crippen LogP contribution < -0.4 is 5.32 Å². The van der Waals surface area contributed by atoms with Crippen molar-refractivity contribution < 1.29 is 4.79 Å². The monoisotopic (exact) mass is 182 g/mol. The number of hydrogen-bond donors (Lipinski definition) is 1. The van der Waals surface area contributed by atoms with E-state index in [1.807, 2.05) is 7.05 Å². The Morgan fingerprint density at radius 2 is 2.23 bits per heavy atom. The van der Waals surface area contributed by atoms with Gasteiger partial charge in [0.25, 0.3) is 0 Å². The molecule has 3 heteroatoms. The summed E-state index contributed by atoms with van der Waals surface area (Å²) in [5.74, 6) is 0.383. The fourth-order valence-corrected chi connectivity index (χ4v) is 2.25. The summed E-state index contributed by atoms with van der Waals surface area (Å²) in [7, 11) is 1.96. The van der Waals surface area contributed by atoms with E-state index >= 15 is 0 Å². The number of piperidine rings is 1. The van der Waals surface area contributed by atoms with E-state index in [1.54, 1.807) is 0 Å². The topological polar surface area (TPSA) is 32.3 Å². The van der Waals surface area contributed by atoms with Crippen molar-refractivity contribution in [3.05, 3.63) is 0 Å². The van der Waals surface area contributed by atoms with Crippen molar-refractivity contribution in [2.24, 2.45) is 0 Å². The Morgan fingerprint density at radius 1 is 1.46 bits per heavy atom. The van der Waals surface area contributed by atoms with Gasteiger partial charge in [-0.05, 0) is 32.7 Å². The van der Waals surface area contributed by atoms with Crippen molar-refractivity contribution in [2.75, 3.05) is 13.6 Å². The van der Waals surface area contributed by atoms with Crippen LogP contribution in [0.2, 0.25) is 0 Å². The van der Waals surface area contributed by atoms with Gasteiger partial charge >= 0.3 is 0 Å². The van der Waals surface area contributed by atoms with Gasteiger partial charge in [-0.3, -0.25) is 4.79 Å². The van der Waals surface area contributed by atoms with Gasteiger partial charge in [0.05, 0.1) is 0 Å². The molecular formula is C10H18N2O. The molecule has 1 saturated carbocycles. The lowest BCUT2D eigenvalue weighted by molar-refractivity contribution is -0.136. The predicted octanol–water partition coefficient (Wildman–Crippen LogP) is 0.749. The fraction of sp³-hybridized carbons (Fsp3) is 0.900. The number of nitrogens with zero attached hydrogens (tertiary/aromatic N) is 1. The van der Waals surface area contributed by atoms with Crippen LogP contribution in [0, 0.1) is 0 Å². The maximum absolute atomic E-state index is 11.7. The van der Waals surface area contributed by atoms with Gasteiger partial charge in [-0.15, -0.1) is 0 Å². The molecule has 2 fully saturated rings. The average Bonchev–Trinajstić information content (AvgIpc) is 2.88. The molecule has 74 valence electrons. The normalized spacial score (nSPS) is 29.5. The van der Waals surface area contributed by atoms with Crippen molar-refractivity contribution in [3.8, 4) is 0 Å². The number of amides is 1. The molecular weight excluding hydrogens is 164 g/mol. The maximum atomic E-state index is 11.7. The molecule has 1 saturated heterocycles. The average molecular weight is 182 g/mol. The SMILES string of the molecule is CNCC1CCCC(=O)N1C1CC1. The van der Waals surface area contributed by atoms with E-state index in [4.69, 9.17) is 0 Å². The Labute approximate surface area is 79.5 Å². The zero-order valence-electron chi connectivity index (χ0n) is 8.25. The Morgan fingerprint density at radius 3 is 2.85 bits per heavy atom. The second-order valence-corrected chi connectivity index (χ2v) is 4.14. The van der Waals surface area contributed by atoms with Gasteiger partial charge < -0.3 is 10.2 Å². The van der Waals surface area contributed by atoms with E-state index in [0.717, 1.165) is 19.4 Å². The van der Waals surface area contributed by atoms with E-state index in [0.29, 0.717) is 18.0 Å². The lowest BCUT2D eigenvalue weighted by atomic mass is 10.0. The molecule has 1 unspecified atom stereocenters. The summed E-state index contributed by atoms with van der Waals surface area (Å²) in [6, 6.07) is 1.06. The molecule has 0 spiro atoms. The van der Waals surface area contributed by atoms with Crippen LogP contribution in [0.5, 0.6) is 0 Å². The Balaban J connectivity index is 2.00. The van der Waals surface area contributed by atoms with Gasteiger partial charge in [-0.25, -0.2) is 0 Å². The van der Waals surface area contributed by atoms with E-state index in [2.05, 4.69) is 10.2 Å². The Bertz CT molecular complexity index is 199. The third kappa shape index (κ3) is 1.85. The zero-order chi connectivity index (χ0) is 9.26. The molecule has 2 aliphatic rings. The number of hydrogen-bond acceptors (Lipinski definition) is 2. The minimum Gasteiger partial charge on any atom is -0.335 e. The fourth-order valence-electron chi connectivity index (χ4n) is 2.25. The molecule has 0 aromatic heterocycles.